The van der Waals surface area contributed by atoms with Gasteiger partial charge in [-0.15, -0.1) is 0 Å². The molecule has 3 heterocycles. The summed E-state index contributed by atoms with van der Waals surface area (Å²) in [6.07, 6.45) is -1.39. The molecule has 1 atom stereocenters. The molecule has 2 N–H and O–H groups in total. The van der Waals surface area contributed by atoms with Crippen molar-refractivity contribution in [3.05, 3.63) is 46.1 Å². The van der Waals surface area contributed by atoms with Gasteiger partial charge in [-0.3, -0.25) is 4.79 Å². The average molecular weight is 384 g/mol. The molecule has 1 saturated heterocycles. The minimum Gasteiger partial charge on any atom is -0.491 e. The molecule has 27 heavy (non-hydrogen) atoms. The van der Waals surface area contributed by atoms with Crippen molar-refractivity contribution < 1.29 is 27.8 Å². The first-order chi connectivity index (χ1) is 12.8. The second-order valence-electron chi connectivity index (χ2n) is 5.94. The fourth-order valence-electron chi connectivity index (χ4n) is 3.02. The number of carboxylic acid groups (broad SMARTS) is 1. The quantitative estimate of drug-likeness (QED) is 0.811. The SMILES string of the molecule is O=C(O)c1cc(OC[C@@H]2CCCN2c2cn[nH]c(=O)c2C(F)(F)F)ccn1. The lowest BCUT2D eigenvalue weighted by molar-refractivity contribution is -0.138. The molecule has 0 radical (unpaired) electrons. The van der Waals surface area contributed by atoms with E-state index in [4.69, 9.17) is 9.84 Å². The van der Waals surface area contributed by atoms with Gasteiger partial charge in [0.25, 0.3) is 5.56 Å². The Kier molecular flexibility index (Phi) is 5.02. The van der Waals surface area contributed by atoms with Crippen molar-refractivity contribution in [2.24, 2.45) is 0 Å². The van der Waals surface area contributed by atoms with Gasteiger partial charge in [-0.1, -0.05) is 0 Å². The fourth-order valence-corrected chi connectivity index (χ4v) is 3.02. The number of hydrogen-bond donors (Lipinski definition) is 2. The largest absolute Gasteiger partial charge is 0.491 e. The monoisotopic (exact) mass is 384 g/mol. The van der Waals surface area contributed by atoms with Crippen molar-refractivity contribution in [3.63, 3.8) is 0 Å². The van der Waals surface area contributed by atoms with E-state index in [0.717, 1.165) is 6.20 Å². The van der Waals surface area contributed by atoms with Gasteiger partial charge in [-0.2, -0.15) is 18.3 Å². The third kappa shape index (κ3) is 4.01. The van der Waals surface area contributed by atoms with Gasteiger partial charge in [0.05, 0.1) is 17.9 Å². The number of halogens is 3. The molecule has 0 unspecified atom stereocenters. The Labute approximate surface area is 150 Å². The Morgan fingerprint density at radius 1 is 1.44 bits per heavy atom. The number of hydrogen-bond acceptors (Lipinski definition) is 6. The number of nitrogens with zero attached hydrogens (tertiary/aromatic N) is 3. The van der Waals surface area contributed by atoms with Crippen LogP contribution in [0.3, 0.4) is 0 Å². The Morgan fingerprint density at radius 2 is 2.22 bits per heavy atom. The summed E-state index contributed by atoms with van der Waals surface area (Å²) in [4.78, 5) is 27.7. The van der Waals surface area contributed by atoms with Crippen molar-refractivity contribution in [1.29, 1.82) is 0 Å². The predicted molar refractivity (Wildman–Crippen MR) is 86.9 cm³/mol. The summed E-state index contributed by atoms with van der Waals surface area (Å²) in [6, 6.07) is 2.27. The summed E-state index contributed by atoms with van der Waals surface area (Å²) in [5, 5.41) is 14.2. The highest BCUT2D eigenvalue weighted by atomic mass is 19.4. The molecule has 2 aromatic rings. The molecule has 1 aliphatic heterocycles. The van der Waals surface area contributed by atoms with Crippen LogP contribution in [0.25, 0.3) is 0 Å². The number of aromatic carboxylic acids is 1. The molecule has 1 aliphatic rings. The minimum absolute atomic E-state index is 0.0210. The first-order valence-corrected chi connectivity index (χ1v) is 8.01. The number of carbonyl (C=O) groups is 1. The van der Waals surface area contributed by atoms with E-state index >= 15 is 0 Å². The van der Waals surface area contributed by atoms with Crippen LogP contribution < -0.4 is 15.2 Å². The van der Waals surface area contributed by atoms with E-state index in [1.54, 1.807) is 0 Å². The average Bonchev–Trinajstić information content (AvgIpc) is 3.07. The zero-order chi connectivity index (χ0) is 19.6. The van der Waals surface area contributed by atoms with E-state index in [9.17, 15) is 22.8 Å². The number of anilines is 1. The Balaban J connectivity index is 1.81. The van der Waals surface area contributed by atoms with Crippen molar-refractivity contribution in [2.45, 2.75) is 25.1 Å². The van der Waals surface area contributed by atoms with Crippen LogP contribution in [-0.2, 0) is 6.18 Å². The van der Waals surface area contributed by atoms with Crippen LogP contribution in [0.5, 0.6) is 5.75 Å². The molecule has 0 aromatic carbocycles. The number of aromatic amines is 1. The van der Waals surface area contributed by atoms with Crippen LogP contribution in [0.15, 0.2) is 29.3 Å². The molecule has 2 aromatic heterocycles. The minimum atomic E-state index is -4.82. The van der Waals surface area contributed by atoms with Crippen LogP contribution >= 0.6 is 0 Å². The predicted octanol–water partition coefficient (Wildman–Crippen LogP) is 1.93. The van der Waals surface area contributed by atoms with E-state index < -0.39 is 29.3 Å². The highest BCUT2D eigenvalue weighted by Gasteiger charge is 2.40. The lowest BCUT2D eigenvalue weighted by atomic mass is 10.2. The molecule has 0 amide bonds. The van der Waals surface area contributed by atoms with Crippen LogP contribution in [0, 0.1) is 0 Å². The van der Waals surface area contributed by atoms with Crippen molar-refractivity contribution in [3.8, 4) is 5.75 Å². The maximum Gasteiger partial charge on any atom is 0.423 e. The highest BCUT2D eigenvalue weighted by molar-refractivity contribution is 5.85. The molecule has 0 aliphatic carbocycles. The molecule has 11 heteroatoms. The summed E-state index contributed by atoms with van der Waals surface area (Å²) in [7, 11) is 0. The Morgan fingerprint density at radius 3 is 2.93 bits per heavy atom. The first-order valence-electron chi connectivity index (χ1n) is 8.01. The lowest BCUT2D eigenvalue weighted by Gasteiger charge is -2.28. The molecule has 0 spiro atoms. The van der Waals surface area contributed by atoms with Gasteiger partial charge in [0.15, 0.2) is 5.69 Å². The van der Waals surface area contributed by atoms with Crippen molar-refractivity contribution in [1.82, 2.24) is 15.2 Å². The number of alkyl halides is 3. The van der Waals surface area contributed by atoms with E-state index in [0.29, 0.717) is 19.4 Å². The van der Waals surface area contributed by atoms with Crippen molar-refractivity contribution in [2.75, 3.05) is 18.1 Å². The summed E-state index contributed by atoms with van der Waals surface area (Å²) < 4.78 is 45.4. The summed E-state index contributed by atoms with van der Waals surface area (Å²) in [6.45, 7) is 0.339. The molecule has 3 rings (SSSR count). The number of rotatable bonds is 5. The number of pyridine rings is 1. The number of H-pyrrole nitrogens is 1. The van der Waals surface area contributed by atoms with E-state index in [2.05, 4.69) is 10.1 Å². The van der Waals surface area contributed by atoms with Gasteiger partial charge in [0.2, 0.25) is 0 Å². The second kappa shape index (κ2) is 7.25. The van der Waals surface area contributed by atoms with Crippen LogP contribution in [0.2, 0.25) is 0 Å². The van der Waals surface area contributed by atoms with Crippen LogP contribution in [0.1, 0.15) is 28.9 Å². The van der Waals surface area contributed by atoms with Crippen LogP contribution in [0.4, 0.5) is 18.9 Å². The topological polar surface area (TPSA) is 108 Å². The first kappa shape index (κ1) is 18.7. The van der Waals surface area contributed by atoms with E-state index in [1.165, 1.54) is 23.2 Å². The van der Waals surface area contributed by atoms with E-state index in [1.807, 2.05) is 5.10 Å². The summed E-state index contributed by atoms with van der Waals surface area (Å²) in [5.74, 6) is -0.971. The molecule has 144 valence electrons. The summed E-state index contributed by atoms with van der Waals surface area (Å²) >= 11 is 0. The molecule has 0 saturated carbocycles. The maximum atomic E-state index is 13.3. The zero-order valence-corrected chi connectivity index (χ0v) is 13.9. The highest BCUT2D eigenvalue weighted by Crippen LogP contribution is 2.36. The fraction of sp³-hybridized carbons (Fsp3) is 0.375. The van der Waals surface area contributed by atoms with Gasteiger partial charge in [-0.05, 0) is 18.9 Å². The van der Waals surface area contributed by atoms with Gasteiger partial charge in [-0.25, -0.2) is 14.9 Å². The zero-order valence-electron chi connectivity index (χ0n) is 13.9. The third-order valence-electron chi connectivity index (χ3n) is 4.20. The third-order valence-corrected chi connectivity index (χ3v) is 4.20. The molecule has 8 nitrogen and oxygen atoms in total. The molecular formula is C16H15F3N4O4. The van der Waals surface area contributed by atoms with Gasteiger partial charge in [0, 0.05) is 18.8 Å². The van der Waals surface area contributed by atoms with Gasteiger partial charge >= 0.3 is 12.1 Å². The number of aromatic nitrogens is 3. The van der Waals surface area contributed by atoms with Crippen molar-refractivity contribution >= 4 is 11.7 Å². The molecular weight excluding hydrogens is 369 g/mol. The smallest absolute Gasteiger partial charge is 0.423 e. The van der Waals surface area contributed by atoms with E-state index in [-0.39, 0.29) is 23.7 Å². The number of ether oxygens (including phenoxy) is 1. The Bertz CT molecular complexity index is 900. The normalized spacial score (nSPS) is 17.1. The molecule has 1 fully saturated rings. The van der Waals surface area contributed by atoms with Crippen LogP contribution in [-0.4, -0.2) is 45.5 Å². The standard InChI is InChI=1S/C16H15F3N4O4/c17-16(18,19)13-12(7-21-22-14(13)24)23-5-1-2-9(23)8-27-10-3-4-20-11(6-10)15(25)26/h3-4,6-7,9H,1-2,5,8H2,(H,22,24)(H,25,26)/t9-/m0/s1. The maximum absolute atomic E-state index is 13.3. The summed E-state index contributed by atoms with van der Waals surface area (Å²) in [5.41, 5.74) is -3.08. The lowest BCUT2D eigenvalue weighted by Crippen LogP contribution is -2.37. The Hall–Kier alpha value is -3.11. The second-order valence-corrected chi connectivity index (χ2v) is 5.94. The number of nitrogens with one attached hydrogen (secondary N) is 1. The number of carboxylic acids is 1. The van der Waals surface area contributed by atoms with Gasteiger partial charge in [0.1, 0.15) is 17.9 Å². The van der Waals surface area contributed by atoms with Gasteiger partial charge < -0.3 is 14.7 Å². The molecule has 0 bridgehead atoms.